The Kier molecular flexibility index (Phi) is 5.54. The summed E-state index contributed by atoms with van der Waals surface area (Å²) in [5.74, 6) is 0.636. The number of nitrogens with one attached hydrogen (secondary N) is 1. The fourth-order valence-electron chi connectivity index (χ4n) is 2.59. The molecule has 0 unspecified atom stereocenters. The Morgan fingerprint density at radius 2 is 1.54 bits per heavy atom. The Bertz CT molecular complexity index is 859. The van der Waals surface area contributed by atoms with Crippen LogP contribution in [0.5, 0.6) is 5.75 Å². The highest BCUT2D eigenvalue weighted by atomic mass is 16.5. The van der Waals surface area contributed by atoms with Crippen molar-refractivity contribution in [1.29, 1.82) is 0 Å². The second kappa shape index (κ2) is 8.21. The molecule has 26 heavy (non-hydrogen) atoms. The van der Waals surface area contributed by atoms with E-state index >= 15 is 0 Å². The van der Waals surface area contributed by atoms with E-state index in [1.165, 1.54) is 0 Å². The molecule has 0 aliphatic carbocycles. The lowest BCUT2D eigenvalue weighted by Gasteiger charge is -2.14. The largest absolute Gasteiger partial charge is 0.489 e. The summed E-state index contributed by atoms with van der Waals surface area (Å²) in [5.41, 5.74) is 3.30. The molecule has 1 N–H and O–H groups in total. The molecule has 1 amide bonds. The molecular weight excluding hydrogens is 324 g/mol. The van der Waals surface area contributed by atoms with E-state index in [9.17, 15) is 4.79 Å². The number of nitrogens with zero attached hydrogens (tertiary/aromatic N) is 1. The molecule has 0 radical (unpaired) electrons. The minimum absolute atomic E-state index is 0.144. The second-order valence-electron chi connectivity index (χ2n) is 6.15. The lowest BCUT2D eigenvalue weighted by atomic mass is 10.1. The van der Waals surface area contributed by atoms with Gasteiger partial charge >= 0.3 is 0 Å². The number of hydrogen-bond acceptors (Lipinski definition) is 3. The van der Waals surface area contributed by atoms with Gasteiger partial charge in [0.05, 0.1) is 0 Å². The van der Waals surface area contributed by atoms with Crippen LogP contribution in [0.1, 0.15) is 15.9 Å². The molecule has 0 bridgehead atoms. The van der Waals surface area contributed by atoms with Gasteiger partial charge in [0.2, 0.25) is 0 Å². The van der Waals surface area contributed by atoms with Crippen molar-refractivity contribution in [3.8, 4) is 5.75 Å². The van der Waals surface area contributed by atoms with Crippen molar-refractivity contribution in [2.75, 3.05) is 24.3 Å². The van der Waals surface area contributed by atoms with Crippen molar-refractivity contribution >= 4 is 17.3 Å². The maximum absolute atomic E-state index is 12.7. The molecule has 3 aromatic rings. The fourth-order valence-corrected chi connectivity index (χ4v) is 2.59. The normalized spacial score (nSPS) is 10.2. The van der Waals surface area contributed by atoms with E-state index in [2.05, 4.69) is 5.32 Å². The predicted octanol–water partition coefficient (Wildman–Crippen LogP) is 4.58. The third-order valence-corrected chi connectivity index (χ3v) is 4.04. The Morgan fingerprint density at radius 1 is 0.885 bits per heavy atom. The molecule has 0 aliphatic rings. The Morgan fingerprint density at radius 3 is 2.23 bits per heavy atom. The van der Waals surface area contributed by atoms with E-state index in [0.29, 0.717) is 12.2 Å². The third kappa shape index (κ3) is 4.42. The molecule has 3 rings (SSSR count). The number of anilines is 2. The zero-order valence-corrected chi connectivity index (χ0v) is 15.0. The average molecular weight is 346 g/mol. The lowest BCUT2D eigenvalue weighted by Crippen LogP contribution is -2.15. The number of benzene rings is 3. The highest BCUT2D eigenvalue weighted by Crippen LogP contribution is 2.19. The zero-order valence-electron chi connectivity index (χ0n) is 15.0. The molecule has 0 saturated heterocycles. The summed E-state index contributed by atoms with van der Waals surface area (Å²) in [6, 6.07) is 24.8. The quantitative estimate of drug-likeness (QED) is 0.710. The number of carbonyl (C=O) groups is 1. The van der Waals surface area contributed by atoms with Crippen LogP contribution >= 0.6 is 0 Å². The maximum atomic E-state index is 12.7. The number of hydrogen-bond donors (Lipinski definition) is 1. The monoisotopic (exact) mass is 346 g/mol. The van der Waals surface area contributed by atoms with Gasteiger partial charge in [-0.05, 0) is 42.5 Å². The van der Waals surface area contributed by atoms with Gasteiger partial charge in [0, 0.05) is 36.6 Å². The van der Waals surface area contributed by atoms with Gasteiger partial charge in [-0.2, -0.15) is 0 Å². The number of rotatable bonds is 6. The molecular formula is C22H22N2O2. The van der Waals surface area contributed by atoms with Crippen molar-refractivity contribution < 1.29 is 9.53 Å². The standard InChI is InChI=1S/C22H22N2O2/c1-24(2)19-14-12-18(13-15-19)23-22(25)21-11-7-6-8-17(21)16-26-20-9-4-3-5-10-20/h3-15H,16H2,1-2H3,(H,23,25). The molecule has 3 aromatic carbocycles. The van der Waals surface area contributed by atoms with Gasteiger partial charge < -0.3 is 15.0 Å². The van der Waals surface area contributed by atoms with E-state index in [4.69, 9.17) is 4.74 Å². The summed E-state index contributed by atoms with van der Waals surface area (Å²) in [6.07, 6.45) is 0. The van der Waals surface area contributed by atoms with Gasteiger partial charge in [-0.25, -0.2) is 0 Å². The van der Waals surface area contributed by atoms with Gasteiger partial charge in [0.25, 0.3) is 5.91 Å². The Balaban J connectivity index is 1.71. The summed E-state index contributed by atoms with van der Waals surface area (Å²) in [6.45, 7) is 0.340. The summed E-state index contributed by atoms with van der Waals surface area (Å²) < 4.78 is 5.79. The van der Waals surface area contributed by atoms with Crippen LogP contribution in [0.2, 0.25) is 0 Å². The summed E-state index contributed by atoms with van der Waals surface area (Å²) in [4.78, 5) is 14.7. The molecule has 0 fully saturated rings. The van der Waals surface area contributed by atoms with Crippen molar-refractivity contribution in [1.82, 2.24) is 0 Å². The molecule has 0 aromatic heterocycles. The lowest BCUT2D eigenvalue weighted by molar-refractivity contribution is 0.102. The first-order valence-corrected chi connectivity index (χ1v) is 8.48. The van der Waals surface area contributed by atoms with Crippen LogP contribution in [0, 0.1) is 0 Å². The number of amides is 1. The fraction of sp³-hybridized carbons (Fsp3) is 0.136. The summed E-state index contributed by atoms with van der Waals surface area (Å²) in [7, 11) is 3.97. The summed E-state index contributed by atoms with van der Waals surface area (Å²) >= 11 is 0. The van der Waals surface area contributed by atoms with Crippen LogP contribution in [0.3, 0.4) is 0 Å². The maximum Gasteiger partial charge on any atom is 0.256 e. The first-order valence-electron chi connectivity index (χ1n) is 8.48. The van der Waals surface area contributed by atoms with Crippen LogP contribution in [0.4, 0.5) is 11.4 Å². The molecule has 4 nitrogen and oxygen atoms in total. The number of para-hydroxylation sites is 1. The van der Waals surface area contributed by atoms with Crippen LogP contribution in [-0.4, -0.2) is 20.0 Å². The van der Waals surface area contributed by atoms with Gasteiger partial charge in [0.1, 0.15) is 12.4 Å². The molecule has 0 atom stereocenters. The van der Waals surface area contributed by atoms with E-state index in [1.807, 2.05) is 97.9 Å². The molecule has 0 heterocycles. The Hall–Kier alpha value is -3.27. The van der Waals surface area contributed by atoms with E-state index in [0.717, 1.165) is 22.7 Å². The van der Waals surface area contributed by atoms with Crippen LogP contribution < -0.4 is 15.0 Å². The first kappa shape index (κ1) is 17.5. The van der Waals surface area contributed by atoms with E-state index in [-0.39, 0.29) is 5.91 Å². The number of carbonyl (C=O) groups excluding carboxylic acids is 1. The summed E-state index contributed by atoms with van der Waals surface area (Å²) in [5, 5.41) is 2.95. The molecule has 0 spiro atoms. The van der Waals surface area contributed by atoms with Gasteiger partial charge in [-0.1, -0.05) is 36.4 Å². The van der Waals surface area contributed by atoms with Crippen LogP contribution in [0.15, 0.2) is 78.9 Å². The highest BCUT2D eigenvalue weighted by molar-refractivity contribution is 6.05. The topological polar surface area (TPSA) is 41.6 Å². The van der Waals surface area contributed by atoms with Crippen LogP contribution in [0.25, 0.3) is 0 Å². The molecule has 4 heteroatoms. The molecule has 132 valence electrons. The van der Waals surface area contributed by atoms with E-state index < -0.39 is 0 Å². The minimum Gasteiger partial charge on any atom is -0.489 e. The van der Waals surface area contributed by atoms with Gasteiger partial charge in [0.15, 0.2) is 0 Å². The first-order chi connectivity index (χ1) is 12.6. The van der Waals surface area contributed by atoms with Gasteiger partial charge in [-0.15, -0.1) is 0 Å². The Labute approximate surface area is 154 Å². The van der Waals surface area contributed by atoms with Crippen LogP contribution in [-0.2, 0) is 6.61 Å². The van der Waals surface area contributed by atoms with Gasteiger partial charge in [-0.3, -0.25) is 4.79 Å². The van der Waals surface area contributed by atoms with Crippen molar-refractivity contribution in [2.45, 2.75) is 6.61 Å². The van der Waals surface area contributed by atoms with Crippen molar-refractivity contribution in [3.05, 3.63) is 90.0 Å². The SMILES string of the molecule is CN(C)c1ccc(NC(=O)c2ccccc2COc2ccccc2)cc1. The van der Waals surface area contributed by atoms with Crippen molar-refractivity contribution in [3.63, 3.8) is 0 Å². The average Bonchev–Trinajstić information content (AvgIpc) is 2.68. The zero-order chi connectivity index (χ0) is 18.4. The highest BCUT2D eigenvalue weighted by Gasteiger charge is 2.12. The molecule has 0 aliphatic heterocycles. The van der Waals surface area contributed by atoms with E-state index in [1.54, 1.807) is 0 Å². The minimum atomic E-state index is -0.144. The smallest absolute Gasteiger partial charge is 0.256 e. The predicted molar refractivity (Wildman–Crippen MR) is 106 cm³/mol. The van der Waals surface area contributed by atoms with Crippen molar-refractivity contribution in [2.24, 2.45) is 0 Å². The molecule has 0 saturated carbocycles. The third-order valence-electron chi connectivity index (χ3n) is 4.04. The number of ether oxygens (including phenoxy) is 1. The second-order valence-corrected chi connectivity index (χ2v) is 6.15.